The smallest absolute Gasteiger partial charge is 0.303 e. The number of hydrogen-bond donors (Lipinski definition) is 1. The van der Waals surface area contributed by atoms with E-state index in [0.29, 0.717) is 41.5 Å². The Kier molecular flexibility index (Phi) is 12.4. The molecular formula is C44H51N3O6. The Bertz CT molecular complexity index is 1990. The van der Waals surface area contributed by atoms with Crippen LogP contribution in [0.3, 0.4) is 0 Å². The van der Waals surface area contributed by atoms with Gasteiger partial charge in [-0.1, -0.05) is 68.4 Å². The third-order valence-corrected chi connectivity index (χ3v) is 10.0. The number of piperazine rings is 1. The number of ether oxygens (including phenoxy) is 3. The average Bonchev–Trinajstić information content (AvgIpc) is 3.54. The molecule has 1 atom stereocenters. The van der Waals surface area contributed by atoms with Gasteiger partial charge in [0.25, 0.3) is 0 Å². The van der Waals surface area contributed by atoms with Crippen LogP contribution in [0.1, 0.15) is 66.3 Å². The number of carbonyl (C=O) groups is 2. The summed E-state index contributed by atoms with van der Waals surface area (Å²) in [5, 5.41) is 9.96. The molecule has 1 aromatic heterocycles. The maximum Gasteiger partial charge on any atom is 0.303 e. The van der Waals surface area contributed by atoms with Gasteiger partial charge in [0.15, 0.2) is 17.3 Å². The van der Waals surface area contributed by atoms with E-state index in [-0.39, 0.29) is 18.3 Å². The minimum atomic E-state index is -0.833. The van der Waals surface area contributed by atoms with E-state index >= 15 is 0 Å². The number of aromatic nitrogens is 1. The number of aliphatic carboxylic acids is 1. The molecule has 53 heavy (non-hydrogen) atoms. The quantitative estimate of drug-likeness (QED) is 0.0962. The van der Waals surface area contributed by atoms with Crippen LogP contribution in [-0.2, 0) is 17.8 Å². The van der Waals surface area contributed by atoms with Gasteiger partial charge >= 0.3 is 5.97 Å². The molecule has 2 heterocycles. The predicted molar refractivity (Wildman–Crippen MR) is 210 cm³/mol. The van der Waals surface area contributed by atoms with E-state index < -0.39 is 5.97 Å². The van der Waals surface area contributed by atoms with E-state index in [2.05, 4.69) is 60.0 Å². The largest absolute Gasteiger partial charge is 0.495 e. The number of hydrogen-bond acceptors (Lipinski definition) is 7. The lowest BCUT2D eigenvalue weighted by Gasteiger charge is -2.37. The zero-order chi connectivity index (χ0) is 37.3. The van der Waals surface area contributed by atoms with Crippen LogP contribution in [0.15, 0.2) is 97.2 Å². The van der Waals surface area contributed by atoms with Crippen molar-refractivity contribution in [3.63, 3.8) is 0 Å². The van der Waals surface area contributed by atoms with Crippen LogP contribution in [0.25, 0.3) is 10.9 Å². The number of nitrogens with zero attached hydrogens (tertiary/aromatic N) is 3. The van der Waals surface area contributed by atoms with Crippen molar-refractivity contribution < 1.29 is 28.9 Å². The molecule has 0 amide bonds. The molecule has 0 aliphatic carbocycles. The van der Waals surface area contributed by atoms with E-state index in [4.69, 9.17) is 19.3 Å². The average molecular weight is 718 g/mol. The molecule has 9 heteroatoms. The summed E-state index contributed by atoms with van der Waals surface area (Å²) in [5.41, 5.74) is 5.49. The number of carboxylic acid groups (broad SMARTS) is 1. The molecule has 1 saturated heterocycles. The fourth-order valence-electron chi connectivity index (χ4n) is 7.26. The molecule has 1 unspecified atom stereocenters. The van der Waals surface area contributed by atoms with Crippen molar-refractivity contribution >= 4 is 28.3 Å². The normalized spacial score (nSPS) is 14.0. The van der Waals surface area contributed by atoms with E-state index in [9.17, 15) is 9.59 Å². The van der Waals surface area contributed by atoms with Gasteiger partial charge in [-0.05, 0) is 66.3 Å². The third-order valence-electron chi connectivity index (χ3n) is 10.0. The maximum atomic E-state index is 14.0. The Hall–Kier alpha value is -5.28. The topological polar surface area (TPSA) is 93.5 Å². The summed E-state index contributed by atoms with van der Waals surface area (Å²) in [5.74, 6) is 1.58. The summed E-state index contributed by atoms with van der Waals surface area (Å²) in [4.78, 5) is 30.0. The minimum Gasteiger partial charge on any atom is -0.495 e. The molecule has 6 rings (SSSR count). The van der Waals surface area contributed by atoms with Gasteiger partial charge in [-0.2, -0.15) is 0 Å². The van der Waals surface area contributed by atoms with E-state index in [1.165, 1.54) is 5.56 Å². The van der Waals surface area contributed by atoms with Crippen LogP contribution in [0, 0.1) is 5.92 Å². The fraction of sp³-hybridized carbons (Fsp3) is 0.364. The Morgan fingerprint density at radius 3 is 2.23 bits per heavy atom. The van der Waals surface area contributed by atoms with E-state index in [1.54, 1.807) is 26.4 Å². The lowest BCUT2D eigenvalue weighted by Crippen LogP contribution is -2.47. The maximum absolute atomic E-state index is 14.0. The first kappa shape index (κ1) is 37.5. The number of benzene rings is 4. The number of rotatable bonds is 17. The second-order valence-electron chi connectivity index (χ2n) is 14.2. The number of ketones is 1. The first-order valence-electron chi connectivity index (χ1n) is 18.6. The van der Waals surface area contributed by atoms with Crippen LogP contribution >= 0.6 is 0 Å². The second-order valence-corrected chi connectivity index (χ2v) is 14.2. The molecule has 1 aliphatic rings. The van der Waals surface area contributed by atoms with Gasteiger partial charge < -0.3 is 28.8 Å². The van der Waals surface area contributed by atoms with Crippen LogP contribution in [0.2, 0.25) is 0 Å². The molecule has 278 valence electrons. The molecule has 9 nitrogen and oxygen atoms in total. The number of carbonyl (C=O) groups excluding carboxylic acids is 1. The standard InChI is InChI=1S/C44H51N3O6/c1-31(2)28-32-15-17-33(18-16-32)39(21-23-45-24-26-46(27-25-45)38-12-7-8-13-40(38)51-3)53-41-20-19-34(29-42(41)52-4)44(50)36-30-47(22-9-14-43(48)49)37-11-6-5-10-35(36)37/h5-8,10-13,15-20,29-31,39H,9,14,21-28H2,1-4H3,(H,48,49). The number of methoxy groups -OCH3 is 2. The fourth-order valence-corrected chi connectivity index (χ4v) is 7.26. The number of anilines is 1. The van der Waals surface area contributed by atoms with Gasteiger partial charge in [-0.25, -0.2) is 0 Å². The summed E-state index contributed by atoms with van der Waals surface area (Å²) in [6.45, 7) is 9.55. The van der Waals surface area contributed by atoms with Crippen molar-refractivity contribution in [3.05, 3.63) is 119 Å². The Morgan fingerprint density at radius 2 is 1.51 bits per heavy atom. The molecule has 1 N–H and O–H groups in total. The van der Waals surface area contributed by atoms with Gasteiger partial charge in [-0.3, -0.25) is 14.5 Å². The van der Waals surface area contributed by atoms with Crippen molar-refractivity contribution in [3.8, 4) is 17.2 Å². The number of fused-ring (bicyclic) bond motifs is 1. The zero-order valence-corrected chi connectivity index (χ0v) is 31.3. The molecular weight excluding hydrogens is 666 g/mol. The molecule has 4 aromatic carbocycles. The molecule has 1 fully saturated rings. The Balaban J connectivity index is 1.19. The second kappa shape index (κ2) is 17.5. The van der Waals surface area contributed by atoms with Gasteiger partial charge in [0.2, 0.25) is 0 Å². The highest BCUT2D eigenvalue weighted by Crippen LogP contribution is 2.36. The molecule has 0 saturated carbocycles. The molecule has 0 bridgehead atoms. The lowest BCUT2D eigenvalue weighted by molar-refractivity contribution is -0.137. The van der Waals surface area contributed by atoms with Crippen LogP contribution in [-0.4, -0.2) is 73.3 Å². The Morgan fingerprint density at radius 1 is 0.792 bits per heavy atom. The molecule has 0 radical (unpaired) electrons. The van der Waals surface area contributed by atoms with Crippen molar-refractivity contribution in [2.24, 2.45) is 5.92 Å². The minimum absolute atomic E-state index is 0.0675. The van der Waals surface area contributed by atoms with Gasteiger partial charge in [0.1, 0.15) is 11.9 Å². The summed E-state index contributed by atoms with van der Waals surface area (Å²) in [7, 11) is 3.32. The van der Waals surface area contributed by atoms with Gasteiger partial charge in [0.05, 0.1) is 19.9 Å². The highest BCUT2D eigenvalue weighted by atomic mass is 16.5. The summed E-state index contributed by atoms with van der Waals surface area (Å²) in [6, 6.07) is 30.1. The first-order valence-corrected chi connectivity index (χ1v) is 18.6. The zero-order valence-electron chi connectivity index (χ0n) is 31.3. The summed E-state index contributed by atoms with van der Waals surface area (Å²) >= 11 is 0. The molecule has 5 aromatic rings. The highest BCUT2D eigenvalue weighted by molar-refractivity contribution is 6.16. The lowest BCUT2D eigenvalue weighted by atomic mass is 9.99. The first-order chi connectivity index (χ1) is 25.7. The number of aryl methyl sites for hydroxylation is 1. The predicted octanol–water partition coefficient (Wildman–Crippen LogP) is 8.29. The monoisotopic (exact) mass is 717 g/mol. The van der Waals surface area contributed by atoms with Gasteiger partial charge in [0, 0.05) is 80.3 Å². The van der Waals surface area contributed by atoms with E-state index in [1.807, 2.05) is 53.2 Å². The van der Waals surface area contributed by atoms with Crippen molar-refractivity contribution in [2.75, 3.05) is 51.8 Å². The van der Waals surface area contributed by atoms with Crippen LogP contribution in [0.5, 0.6) is 17.2 Å². The SMILES string of the molecule is COc1cc(C(=O)c2cn(CCCC(=O)O)c3ccccc23)ccc1OC(CCN1CCN(c2ccccc2OC)CC1)c1ccc(CC(C)C)cc1. The molecule has 0 spiro atoms. The third kappa shape index (κ3) is 9.21. The summed E-state index contributed by atoms with van der Waals surface area (Å²) < 4.78 is 20.2. The van der Waals surface area contributed by atoms with Crippen LogP contribution in [0.4, 0.5) is 5.69 Å². The highest BCUT2D eigenvalue weighted by Gasteiger charge is 2.24. The Labute approximate surface area is 312 Å². The van der Waals surface area contributed by atoms with Crippen molar-refractivity contribution in [1.82, 2.24) is 9.47 Å². The van der Waals surface area contributed by atoms with Crippen molar-refractivity contribution in [2.45, 2.75) is 52.2 Å². The summed E-state index contributed by atoms with van der Waals surface area (Å²) in [6.07, 6.45) is 3.95. The van der Waals surface area contributed by atoms with Gasteiger partial charge in [-0.15, -0.1) is 0 Å². The number of para-hydroxylation sites is 3. The number of carboxylic acids is 1. The van der Waals surface area contributed by atoms with Crippen LogP contribution < -0.4 is 19.1 Å². The molecule has 1 aliphatic heterocycles. The van der Waals surface area contributed by atoms with Crippen molar-refractivity contribution in [1.29, 1.82) is 0 Å². The van der Waals surface area contributed by atoms with E-state index in [0.717, 1.165) is 73.5 Å².